The summed E-state index contributed by atoms with van der Waals surface area (Å²) in [4.78, 5) is 23.7. The third kappa shape index (κ3) is 7.25. The van der Waals surface area contributed by atoms with Gasteiger partial charge in [-0.15, -0.1) is 0 Å². The van der Waals surface area contributed by atoms with Crippen LogP contribution in [0, 0.1) is 5.92 Å². The Morgan fingerprint density at radius 1 is 0.962 bits per heavy atom. The van der Waals surface area contributed by atoms with Crippen molar-refractivity contribution in [1.82, 2.24) is 5.32 Å². The van der Waals surface area contributed by atoms with Crippen molar-refractivity contribution in [2.45, 2.75) is 20.3 Å². The predicted octanol–water partition coefficient (Wildman–Crippen LogP) is 4.26. The van der Waals surface area contributed by atoms with Gasteiger partial charge in [-0.1, -0.05) is 50.2 Å². The first kappa shape index (κ1) is 19.3. The average molecular weight is 355 g/mol. The van der Waals surface area contributed by atoms with Gasteiger partial charge >= 0.3 is 12.1 Å². The van der Waals surface area contributed by atoms with Crippen molar-refractivity contribution < 1.29 is 14.3 Å². The van der Waals surface area contributed by atoms with Crippen LogP contribution in [-0.2, 0) is 11.2 Å². The van der Waals surface area contributed by atoms with Gasteiger partial charge in [-0.3, -0.25) is 5.32 Å². The topological polar surface area (TPSA) is 79.5 Å². The standard InChI is InChI=1S/C20H25N3O3/c1-15(2)14-26-20(25)23-18-10-6-9-17(13-18)22-19(24)21-12-11-16-7-4-3-5-8-16/h3-10,13,15H,11-12,14H2,1-2H3,(H,23,25)(H2,21,22,24). The molecular weight excluding hydrogens is 330 g/mol. The smallest absolute Gasteiger partial charge is 0.411 e. The van der Waals surface area contributed by atoms with Crippen LogP contribution in [0.3, 0.4) is 0 Å². The molecule has 0 aliphatic rings. The second kappa shape index (κ2) is 10.1. The minimum Gasteiger partial charge on any atom is -0.449 e. The van der Waals surface area contributed by atoms with E-state index in [1.807, 2.05) is 44.2 Å². The van der Waals surface area contributed by atoms with Gasteiger partial charge in [0.15, 0.2) is 0 Å². The molecule has 3 amide bonds. The maximum atomic E-state index is 12.0. The number of urea groups is 1. The molecule has 6 heteroatoms. The van der Waals surface area contributed by atoms with E-state index in [9.17, 15) is 9.59 Å². The average Bonchev–Trinajstić information content (AvgIpc) is 2.61. The number of hydrogen-bond donors (Lipinski definition) is 3. The zero-order valence-corrected chi connectivity index (χ0v) is 15.1. The van der Waals surface area contributed by atoms with Gasteiger partial charge in [0.05, 0.1) is 6.61 Å². The first-order valence-electron chi connectivity index (χ1n) is 8.65. The Labute approximate surface area is 153 Å². The van der Waals surface area contributed by atoms with E-state index in [4.69, 9.17) is 4.74 Å². The molecule has 0 aliphatic heterocycles. The van der Waals surface area contributed by atoms with Crippen LogP contribution in [0.2, 0.25) is 0 Å². The van der Waals surface area contributed by atoms with Crippen LogP contribution in [0.25, 0.3) is 0 Å². The highest BCUT2D eigenvalue weighted by Crippen LogP contribution is 2.15. The Morgan fingerprint density at radius 2 is 1.65 bits per heavy atom. The minimum absolute atomic E-state index is 0.272. The van der Waals surface area contributed by atoms with E-state index in [0.717, 1.165) is 6.42 Å². The molecule has 138 valence electrons. The molecule has 0 radical (unpaired) electrons. The fourth-order valence-corrected chi connectivity index (χ4v) is 2.21. The lowest BCUT2D eigenvalue weighted by Crippen LogP contribution is -2.30. The number of hydrogen-bond acceptors (Lipinski definition) is 3. The van der Waals surface area contributed by atoms with Crippen molar-refractivity contribution in [3.05, 3.63) is 60.2 Å². The fraction of sp³-hybridized carbons (Fsp3) is 0.300. The van der Waals surface area contributed by atoms with E-state index in [0.29, 0.717) is 24.5 Å². The molecule has 0 aliphatic carbocycles. The van der Waals surface area contributed by atoms with E-state index in [1.165, 1.54) is 5.56 Å². The van der Waals surface area contributed by atoms with Crippen LogP contribution < -0.4 is 16.0 Å². The number of carbonyl (C=O) groups is 2. The van der Waals surface area contributed by atoms with E-state index in [2.05, 4.69) is 16.0 Å². The van der Waals surface area contributed by atoms with E-state index in [1.54, 1.807) is 24.3 Å². The zero-order valence-electron chi connectivity index (χ0n) is 15.1. The predicted molar refractivity (Wildman–Crippen MR) is 103 cm³/mol. The lowest BCUT2D eigenvalue weighted by Gasteiger charge is -2.11. The number of ether oxygens (including phenoxy) is 1. The van der Waals surface area contributed by atoms with Gasteiger partial charge in [-0.25, -0.2) is 9.59 Å². The molecule has 0 spiro atoms. The van der Waals surface area contributed by atoms with Gasteiger partial charge in [-0.05, 0) is 36.1 Å². The molecular formula is C20H25N3O3. The monoisotopic (exact) mass is 355 g/mol. The minimum atomic E-state index is -0.511. The van der Waals surface area contributed by atoms with Gasteiger partial charge < -0.3 is 15.4 Å². The summed E-state index contributed by atoms with van der Waals surface area (Å²) < 4.78 is 5.07. The van der Waals surface area contributed by atoms with Crippen LogP contribution in [-0.4, -0.2) is 25.3 Å². The molecule has 2 rings (SSSR count). The lowest BCUT2D eigenvalue weighted by molar-refractivity contribution is 0.147. The summed E-state index contributed by atoms with van der Waals surface area (Å²) in [6, 6.07) is 16.6. The van der Waals surface area contributed by atoms with Crippen LogP contribution >= 0.6 is 0 Å². The Kier molecular flexibility index (Phi) is 7.49. The number of amides is 3. The third-order valence-corrected chi connectivity index (χ3v) is 3.46. The van der Waals surface area contributed by atoms with Crippen LogP contribution in [0.4, 0.5) is 21.0 Å². The van der Waals surface area contributed by atoms with Crippen molar-refractivity contribution in [2.24, 2.45) is 5.92 Å². The fourth-order valence-electron chi connectivity index (χ4n) is 2.21. The van der Waals surface area contributed by atoms with Crippen molar-refractivity contribution in [1.29, 1.82) is 0 Å². The van der Waals surface area contributed by atoms with Crippen molar-refractivity contribution in [3.8, 4) is 0 Å². The molecule has 0 bridgehead atoms. The van der Waals surface area contributed by atoms with Gasteiger partial charge in [0.25, 0.3) is 0 Å². The Balaban J connectivity index is 1.78. The van der Waals surface area contributed by atoms with Crippen molar-refractivity contribution in [3.63, 3.8) is 0 Å². The molecule has 6 nitrogen and oxygen atoms in total. The Morgan fingerprint density at radius 3 is 2.35 bits per heavy atom. The number of rotatable bonds is 7. The summed E-state index contributed by atoms with van der Waals surface area (Å²) in [6.07, 6.45) is 0.250. The summed E-state index contributed by atoms with van der Waals surface area (Å²) in [5.41, 5.74) is 2.31. The van der Waals surface area contributed by atoms with Gasteiger partial charge in [0, 0.05) is 17.9 Å². The van der Waals surface area contributed by atoms with Crippen LogP contribution in [0.15, 0.2) is 54.6 Å². The molecule has 26 heavy (non-hydrogen) atoms. The van der Waals surface area contributed by atoms with Gasteiger partial charge in [-0.2, -0.15) is 0 Å². The first-order chi connectivity index (χ1) is 12.5. The summed E-state index contributed by atoms with van der Waals surface area (Å²) in [6.45, 7) is 4.82. The number of nitrogens with one attached hydrogen (secondary N) is 3. The summed E-state index contributed by atoms with van der Waals surface area (Å²) in [5.74, 6) is 0.272. The van der Waals surface area contributed by atoms with Gasteiger partial charge in [0.1, 0.15) is 0 Å². The number of benzene rings is 2. The van der Waals surface area contributed by atoms with Crippen molar-refractivity contribution in [2.75, 3.05) is 23.8 Å². The quantitative estimate of drug-likeness (QED) is 0.694. The van der Waals surface area contributed by atoms with E-state index < -0.39 is 6.09 Å². The highest BCUT2D eigenvalue weighted by Gasteiger charge is 2.06. The second-order valence-corrected chi connectivity index (χ2v) is 6.31. The zero-order chi connectivity index (χ0) is 18.8. The van der Waals surface area contributed by atoms with E-state index >= 15 is 0 Å². The number of anilines is 2. The number of carbonyl (C=O) groups excluding carboxylic acids is 2. The SMILES string of the molecule is CC(C)COC(=O)Nc1cccc(NC(=O)NCCc2ccccc2)c1. The van der Waals surface area contributed by atoms with Crippen LogP contribution in [0.1, 0.15) is 19.4 Å². The molecule has 0 saturated heterocycles. The largest absolute Gasteiger partial charge is 0.449 e. The Hall–Kier alpha value is -3.02. The Bertz CT molecular complexity index is 717. The maximum Gasteiger partial charge on any atom is 0.411 e. The molecule has 0 fully saturated rings. The molecule has 3 N–H and O–H groups in total. The maximum absolute atomic E-state index is 12.0. The molecule has 2 aromatic rings. The van der Waals surface area contributed by atoms with Gasteiger partial charge in [0.2, 0.25) is 0 Å². The molecule has 0 aromatic heterocycles. The van der Waals surface area contributed by atoms with Crippen LogP contribution in [0.5, 0.6) is 0 Å². The van der Waals surface area contributed by atoms with Crippen molar-refractivity contribution >= 4 is 23.5 Å². The lowest BCUT2D eigenvalue weighted by atomic mass is 10.1. The molecule has 0 saturated carbocycles. The normalized spacial score (nSPS) is 10.3. The highest BCUT2D eigenvalue weighted by atomic mass is 16.5. The highest BCUT2D eigenvalue weighted by molar-refractivity contribution is 5.91. The summed E-state index contributed by atoms with van der Waals surface area (Å²) >= 11 is 0. The summed E-state index contributed by atoms with van der Waals surface area (Å²) in [5, 5.41) is 8.20. The first-order valence-corrected chi connectivity index (χ1v) is 8.65. The molecule has 0 heterocycles. The second-order valence-electron chi connectivity index (χ2n) is 6.31. The molecule has 0 atom stereocenters. The van der Waals surface area contributed by atoms with E-state index in [-0.39, 0.29) is 11.9 Å². The summed E-state index contributed by atoms with van der Waals surface area (Å²) in [7, 11) is 0. The third-order valence-electron chi connectivity index (χ3n) is 3.46. The molecule has 2 aromatic carbocycles. The molecule has 0 unspecified atom stereocenters.